The lowest BCUT2D eigenvalue weighted by Gasteiger charge is -2.32. The molecule has 0 N–H and O–H groups in total. The van der Waals surface area contributed by atoms with Crippen LogP contribution in [0.25, 0.3) is 44.5 Å². The minimum atomic E-state index is -0.369. The average molecular weight is 636 g/mol. The van der Waals surface area contributed by atoms with Gasteiger partial charge in [-0.3, -0.25) is 0 Å². The van der Waals surface area contributed by atoms with Crippen molar-refractivity contribution in [2.75, 3.05) is 4.90 Å². The first kappa shape index (κ1) is 28.6. The van der Waals surface area contributed by atoms with Crippen LogP contribution in [0, 0.1) is 0 Å². The van der Waals surface area contributed by atoms with Gasteiger partial charge in [-0.2, -0.15) is 0 Å². The van der Waals surface area contributed by atoms with Gasteiger partial charge in [0.2, 0.25) is 0 Å². The molecule has 0 bridgehead atoms. The SMILES string of the molecule is c1ccc(-c2ccccc2N(c2ccc3c(c2)-c2ccccc2C32c3ccccc3-c3ccccc32)c2ccccc2-c2ccccc2)cc1. The average Bonchev–Trinajstić information content (AvgIpc) is 3.66. The van der Waals surface area contributed by atoms with Gasteiger partial charge in [0, 0.05) is 16.8 Å². The first-order chi connectivity index (χ1) is 24.8. The molecule has 50 heavy (non-hydrogen) atoms. The van der Waals surface area contributed by atoms with Crippen molar-refractivity contribution in [1.29, 1.82) is 0 Å². The van der Waals surface area contributed by atoms with E-state index >= 15 is 0 Å². The second-order valence-corrected chi connectivity index (χ2v) is 13.2. The van der Waals surface area contributed by atoms with E-state index in [1.165, 1.54) is 66.8 Å². The summed E-state index contributed by atoms with van der Waals surface area (Å²) in [5, 5.41) is 0. The molecule has 0 aliphatic heterocycles. The van der Waals surface area contributed by atoms with E-state index in [0.717, 1.165) is 17.1 Å². The maximum Gasteiger partial charge on any atom is 0.0725 e. The number of hydrogen-bond donors (Lipinski definition) is 0. The summed E-state index contributed by atoms with van der Waals surface area (Å²) in [7, 11) is 0. The van der Waals surface area contributed by atoms with Crippen molar-refractivity contribution in [2.24, 2.45) is 0 Å². The number of para-hydroxylation sites is 2. The van der Waals surface area contributed by atoms with E-state index in [4.69, 9.17) is 0 Å². The zero-order valence-electron chi connectivity index (χ0n) is 27.5. The molecule has 1 spiro atoms. The van der Waals surface area contributed by atoms with Gasteiger partial charge < -0.3 is 4.90 Å². The molecule has 0 atom stereocenters. The number of hydrogen-bond acceptors (Lipinski definition) is 1. The van der Waals surface area contributed by atoms with Crippen molar-refractivity contribution in [3.05, 3.63) is 222 Å². The Balaban J connectivity index is 1.26. The fourth-order valence-corrected chi connectivity index (χ4v) is 8.70. The molecular formula is C49H33N. The third-order valence-electron chi connectivity index (χ3n) is 10.7. The van der Waals surface area contributed by atoms with Gasteiger partial charge in [-0.1, -0.05) is 176 Å². The Morgan fingerprint density at radius 2 is 0.640 bits per heavy atom. The van der Waals surface area contributed by atoms with Crippen LogP contribution in [0.15, 0.2) is 200 Å². The van der Waals surface area contributed by atoms with Crippen LogP contribution in [0.1, 0.15) is 22.3 Å². The van der Waals surface area contributed by atoms with E-state index in [1.54, 1.807) is 0 Å². The lowest BCUT2D eigenvalue weighted by molar-refractivity contribution is 0.794. The topological polar surface area (TPSA) is 3.24 Å². The Bertz CT molecular complexity index is 2420. The number of fused-ring (bicyclic) bond motifs is 10. The Labute approximate surface area is 293 Å². The van der Waals surface area contributed by atoms with Crippen molar-refractivity contribution in [1.82, 2.24) is 0 Å². The zero-order chi connectivity index (χ0) is 33.1. The van der Waals surface area contributed by atoms with Gasteiger partial charge in [0.05, 0.1) is 16.8 Å². The highest BCUT2D eigenvalue weighted by molar-refractivity contribution is 5.98. The molecule has 234 valence electrons. The lowest BCUT2D eigenvalue weighted by Crippen LogP contribution is -2.25. The van der Waals surface area contributed by atoms with Crippen LogP contribution in [0.3, 0.4) is 0 Å². The Morgan fingerprint density at radius 1 is 0.280 bits per heavy atom. The molecule has 1 heteroatoms. The van der Waals surface area contributed by atoms with E-state index in [0.29, 0.717) is 0 Å². The number of rotatable bonds is 5. The maximum absolute atomic E-state index is 2.47. The molecule has 10 rings (SSSR count). The Morgan fingerprint density at radius 3 is 1.12 bits per heavy atom. The van der Waals surface area contributed by atoms with Gasteiger partial charge in [-0.15, -0.1) is 0 Å². The molecule has 0 saturated heterocycles. The molecule has 0 radical (unpaired) electrons. The van der Waals surface area contributed by atoms with E-state index in [1.807, 2.05) is 0 Å². The predicted molar refractivity (Wildman–Crippen MR) is 208 cm³/mol. The Hall–Kier alpha value is -6.44. The molecule has 8 aromatic rings. The van der Waals surface area contributed by atoms with E-state index in [2.05, 4.69) is 205 Å². The van der Waals surface area contributed by atoms with Crippen LogP contribution in [-0.2, 0) is 5.41 Å². The minimum Gasteiger partial charge on any atom is -0.309 e. The third-order valence-corrected chi connectivity index (χ3v) is 10.7. The normalized spacial score (nSPS) is 13.0. The molecule has 0 heterocycles. The number of nitrogens with zero attached hydrogens (tertiary/aromatic N) is 1. The van der Waals surface area contributed by atoms with Gasteiger partial charge in [0.1, 0.15) is 0 Å². The van der Waals surface area contributed by atoms with Crippen LogP contribution in [0.5, 0.6) is 0 Å². The van der Waals surface area contributed by atoms with Crippen molar-refractivity contribution < 1.29 is 0 Å². The summed E-state index contributed by atoms with van der Waals surface area (Å²) >= 11 is 0. The van der Waals surface area contributed by atoms with Gasteiger partial charge >= 0.3 is 0 Å². The van der Waals surface area contributed by atoms with Crippen molar-refractivity contribution >= 4 is 17.1 Å². The van der Waals surface area contributed by atoms with Crippen molar-refractivity contribution in [3.63, 3.8) is 0 Å². The van der Waals surface area contributed by atoms with Gasteiger partial charge in [0.25, 0.3) is 0 Å². The lowest BCUT2D eigenvalue weighted by atomic mass is 9.70. The van der Waals surface area contributed by atoms with Gasteiger partial charge in [-0.05, 0) is 79.9 Å². The van der Waals surface area contributed by atoms with Crippen molar-refractivity contribution in [3.8, 4) is 44.5 Å². The Kier molecular flexibility index (Phi) is 6.47. The minimum absolute atomic E-state index is 0.369. The smallest absolute Gasteiger partial charge is 0.0725 e. The molecule has 2 aliphatic rings. The summed E-state index contributed by atoms with van der Waals surface area (Å²) in [6, 6.07) is 73.4. The highest BCUT2D eigenvalue weighted by atomic mass is 15.1. The summed E-state index contributed by atoms with van der Waals surface area (Å²) in [6.07, 6.45) is 0. The molecule has 8 aromatic carbocycles. The number of anilines is 3. The van der Waals surface area contributed by atoms with Gasteiger partial charge in [-0.25, -0.2) is 0 Å². The molecule has 2 aliphatic carbocycles. The standard InChI is InChI=1S/C49H33N/c1-3-17-34(18-4-1)37-21-10-15-29-47(37)50(48-30-16-11-22-38(48)35-19-5-2-6-20-35)36-31-32-46-42(33-36)41-25-9-14-28-45(41)49(46)43-26-12-7-23-39(43)40-24-8-13-27-44(40)49/h1-33H. The van der Waals surface area contributed by atoms with Crippen molar-refractivity contribution in [2.45, 2.75) is 5.41 Å². The predicted octanol–water partition coefficient (Wildman–Crippen LogP) is 12.8. The fourth-order valence-electron chi connectivity index (χ4n) is 8.70. The highest BCUT2D eigenvalue weighted by Crippen LogP contribution is 2.63. The summed E-state index contributed by atoms with van der Waals surface area (Å²) in [6.45, 7) is 0. The van der Waals surface area contributed by atoms with Crippen LogP contribution >= 0.6 is 0 Å². The summed E-state index contributed by atoms with van der Waals surface area (Å²) in [5.41, 5.74) is 18.4. The summed E-state index contributed by atoms with van der Waals surface area (Å²) < 4.78 is 0. The maximum atomic E-state index is 2.47. The number of benzene rings is 8. The summed E-state index contributed by atoms with van der Waals surface area (Å²) in [4.78, 5) is 2.47. The molecule has 0 saturated carbocycles. The van der Waals surface area contributed by atoms with E-state index < -0.39 is 0 Å². The quantitative estimate of drug-likeness (QED) is 0.182. The second-order valence-electron chi connectivity index (χ2n) is 13.2. The van der Waals surface area contributed by atoms with Gasteiger partial charge in [0.15, 0.2) is 0 Å². The van der Waals surface area contributed by atoms with E-state index in [9.17, 15) is 0 Å². The molecule has 0 fully saturated rings. The third kappa shape index (κ3) is 4.07. The van der Waals surface area contributed by atoms with Crippen LogP contribution < -0.4 is 4.90 Å². The highest BCUT2D eigenvalue weighted by Gasteiger charge is 2.51. The molecule has 1 nitrogen and oxygen atoms in total. The second kappa shape index (κ2) is 11.3. The van der Waals surface area contributed by atoms with Crippen LogP contribution in [0.4, 0.5) is 17.1 Å². The first-order valence-electron chi connectivity index (χ1n) is 17.4. The molecular weight excluding hydrogens is 603 g/mol. The molecule has 0 aromatic heterocycles. The molecule has 0 unspecified atom stereocenters. The fraction of sp³-hybridized carbons (Fsp3) is 0.0204. The first-order valence-corrected chi connectivity index (χ1v) is 17.4. The monoisotopic (exact) mass is 635 g/mol. The van der Waals surface area contributed by atoms with E-state index in [-0.39, 0.29) is 5.41 Å². The molecule has 0 amide bonds. The van der Waals surface area contributed by atoms with Crippen LogP contribution in [-0.4, -0.2) is 0 Å². The summed E-state index contributed by atoms with van der Waals surface area (Å²) in [5.74, 6) is 0. The zero-order valence-corrected chi connectivity index (χ0v) is 27.5. The largest absolute Gasteiger partial charge is 0.309 e. The van der Waals surface area contributed by atoms with Crippen LogP contribution in [0.2, 0.25) is 0 Å².